The van der Waals surface area contributed by atoms with Gasteiger partial charge in [0.25, 0.3) is 0 Å². The van der Waals surface area contributed by atoms with Crippen molar-refractivity contribution in [2.24, 2.45) is 0 Å². The van der Waals surface area contributed by atoms with E-state index in [0.717, 1.165) is 19.5 Å². The number of aliphatic hydroxyl groups is 1. The third kappa shape index (κ3) is 4.05. The summed E-state index contributed by atoms with van der Waals surface area (Å²) in [5.41, 5.74) is 0. The summed E-state index contributed by atoms with van der Waals surface area (Å²) in [6.45, 7) is 1.78. The second-order valence-electron chi connectivity index (χ2n) is 2.67. The van der Waals surface area contributed by atoms with Crippen LogP contribution in [0.2, 0.25) is 0 Å². The van der Waals surface area contributed by atoms with Gasteiger partial charge in [0, 0.05) is 18.9 Å². The van der Waals surface area contributed by atoms with E-state index in [1.54, 1.807) is 12.4 Å². The van der Waals surface area contributed by atoms with Gasteiger partial charge in [-0.2, -0.15) is 0 Å². The van der Waals surface area contributed by atoms with E-state index in [9.17, 15) is 0 Å². The van der Waals surface area contributed by atoms with Crippen LogP contribution in [0.5, 0.6) is 0 Å². The van der Waals surface area contributed by atoms with Crippen LogP contribution in [0.1, 0.15) is 6.42 Å². The maximum Gasteiger partial charge on any atom is 0.0676 e. The molecule has 2 N–H and O–H groups in total. The molecule has 3 heteroatoms. The first kappa shape index (κ1) is 9.16. The summed E-state index contributed by atoms with van der Waals surface area (Å²) < 4.78 is 0. The summed E-state index contributed by atoms with van der Waals surface area (Å²) in [6, 6.07) is 5.72. The summed E-state index contributed by atoms with van der Waals surface area (Å²) in [6.07, 6.45) is 4.37. The number of aliphatic hydroxyl groups excluding tert-OH is 1. The zero-order chi connectivity index (χ0) is 8.65. The monoisotopic (exact) mass is 166 g/mol. The molecule has 0 aliphatic carbocycles. The van der Waals surface area contributed by atoms with E-state index in [2.05, 4.69) is 10.3 Å². The van der Waals surface area contributed by atoms with Gasteiger partial charge in [0.15, 0.2) is 0 Å². The molecule has 0 radical (unpaired) electrons. The zero-order valence-electron chi connectivity index (χ0n) is 6.98. The highest BCUT2D eigenvalue weighted by Gasteiger charge is 2.08. The van der Waals surface area contributed by atoms with E-state index >= 15 is 0 Å². The molecule has 1 fully saturated rings. The fourth-order valence-electron chi connectivity index (χ4n) is 0.952. The lowest BCUT2D eigenvalue weighted by atomic mass is 10.3. The normalized spacial score (nSPS) is 21.2. The van der Waals surface area contributed by atoms with Gasteiger partial charge in [0.1, 0.15) is 0 Å². The Labute approximate surface area is 72.5 Å². The van der Waals surface area contributed by atoms with Crippen molar-refractivity contribution in [2.75, 3.05) is 13.1 Å². The minimum absolute atomic E-state index is 0.0648. The van der Waals surface area contributed by atoms with Gasteiger partial charge in [-0.25, -0.2) is 0 Å². The van der Waals surface area contributed by atoms with Crippen LogP contribution in [0.25, 0.3) is 0 Å². The average Bonchev–Trinajstić information content (AvgIpc) is 2.60. The first-order valence-electron chi connectivity index (χ1n) is 4.13. The summed E-state index contributed by atoms with van der Waals surface area (Å²) in [4.78, 5) is 3.78. The fraction of sp³-hybridized carbons (Fsp3) is 0.444. The molecule has 0 amide bonds. The van der Waals surface area contributed by atoms with E-state index in [-0.39, 0.29) is 6.10 Å². The lowest BCUT2D eigenvalue weighted by molar-refractivity contribution is 0.196. The lowest BCUT2D eigenvalue weighted by Crippen LogP contribution is -2.11. The minimum atomic E-state index is -0.0648. The molecule has 3 nitrogen and oxygen atoms in total. The van der Waals surface area contributed by atoms with Crippen molar-refractivity contribution in [1.29, 1.82) is 0 Å². The van der Waals surface area contributed by atoms with Crippen LogP contribution >= 0.6 is 0 Å². The molecule has 0 spiro atoms. The van der Waals surface area contributed by atoms with Crippen molar-refractivity contribution in [1.82, 2.24) is 10.3 Å². The Hall–Kier alpha value is -0.930. The van der Waals surface area contributed by atoms with Crippen molar-refractivity contribution in [3.63, 3.8) is 0 Å². The molecule has 1 aromatic heterocycles. The van der Waals surface area contributed by atoms with Gasteiger partial charge in [-0.3, -0.25) is 4.98 Å². The molecule has 2 heterocycles. The first-order valence-corrected chi connectivity index (χ1v) is 4.13. The average molecular weight is 166 g/mol. The Morgan fingerprint density at radius 1 is 1.25 bits per heavy atom. The van der Waals surface area contributed by atoms with Crippen LogP contribution in [0.15, 0.2) is 30.6 Å². The molecular weight excluding hydrogens is 152 g/mol. The number of rotatable bonds is 0. The van der Waals surface area contributed by atoms with Crippen LogP contribution in [-0.2, 0) is 0 Å². The number of pyridine rings is 1. The van der Waals surface area contributed by atoms with Crippen molar-refractivity contribution >= 4 is 0 Å². The third-order valence-electron chi connectivity index (χ3n) is 1.60. The largest absolute Gasteiger partial charge is 0.392 e. The van der Waals surface area contributed by atoms with Gasteiger partial charge in [-0.15, -0.1) is 0 Å². The maximum atomic E-state index is 8.67. The number of aromatic nitrogens is 1. The molecule has 1 aromatic rings. The van der Waals surface area contributed by atoms with E-state index in [1.165, 1.54) is 0 Å². The van der Waals surface area contributed by atoms with E-state index in [1.807, 2.05) is 18.2 Å². The highest BCUT2D eigenvalue weighted by molar-refractivity contribution is 4.88. The van der Waals surface area contributed by atoms with Crippen molar-refractivity contribution in [3.05, 3.63) is 30.6 Å². The quantitative estimate of drug-likeness (QED) is 0.587. The molecule has 2 rings (SSSR count). The van der Waals surface area contributed by atoms with Gasteiger partial charge in [0.05, 0.1) is 6.10 Å². The Morgan fingerprint density at radius 2 is 2.00 bits per heavy atom. The predicted octanol–water partition coefficient (Wildman–Crippen LogP) is 0.422. The fourth-order valence-corrected chi connectivity index (χ4v) is 0.952. The molecule has 1 aliphatic heterocycles. The molecule has 66 valence electrons. The molecule has 1 atom stereocenters. The van der Waals surface area contributed by atoms with Gasteiger partial charge in [-0.1, -0.05) is 6.07 Å². The molecule has 12 heavy (non-hydrogen) atoms. The van der Waals surface area contributed by atoms with Crippen LogP contribution in [0.3, 0.4) is 0 Å². The molecular formula is C9H14N2O. The Balaban J connectivity index is 0.000000120. The van der Waals surface area contributed by atoms with Crippen LogP contribution in [0.4, 0.5) is 0 Å². The molecule has 0 bridgehead atoms. The number of nitrogens with one attached hydrogen (secondary N) is 1. The molecule has 1 unspecified atom stereocenters. The molecule has 0 saturated carbocycles. The molecule has 1 saturated heterocycles. The zero-order valence-corrected chi connectivity index (χ0v) is 6.98. The van der Waals surface area contributed by atoms with Crippen molar-refractivity contribution in [2.45, 2.75) is 12.5 Å². The van der Waals surface area contributed by atoms with E-state index < -0.39 is 0 Å². The predicted molar refractivity (Wildman–Crippen MR) is 47.7 cm³/mol. The first-order chi connectivity index (χ1) is 5.89. The van der Waals surface area contributed by atoms with E-state index in [4.69, 9.17) is 5.11 Å². The summed E-state index contributed by atoms with van der Waals surface area (Å²) >= 11 is 0. The minimum Gasteiger partial charge on any atom is -0.392 e. The molecule has 1 aliphatic rings. The van der Waals surface area contributed by atoms with Gasteiger partial charge >= 0.3 is 0 Å². The SMILES string of the molecule is OC1CCNC1.c1ccncc1. The summed E-state index contributed by atoms with van der Waals surface area (Å²) in [5, 5.41) is 11.7. The smallest absolute Gasteiger partial charge is 0.0676 e. The lowest BCUT2D eigenvalue weighted by Gasteiger charge is -1.90. The third-order valence-corrected chi connectivity index (χ3v) is 1.60. The number of β-amino-alcohol motifs (C(OH)–C–C–N with tert-alkyl or cyclic N) is 1. The molecule has 0 aromatic carbocycles. The van der Waals surface area contributed by atoms with Crippen molar-refractivity contribution in [3.8, 4) is 0 Å². The second kappa shape index (κ2) is 5.69. The van der Waals surface area contributed by atoms with Gasteiger partial charge < -0.3 is 10.4 Å². The Morgan fingerprint density at radius 3 is 2.17 bits per heavy atom. The number of nitrogens with zero attached hydrogens (tertiary/aromatic N) is 1. The maximum absolute atomic E-state index is 8.67. The summed E-state index contributed by atoms with van der Waals surface area (Å²) in [7, 11) is 0. The highest BCUT2D eigenvalue weighted by Crippen LogP contribution is 1.93. The van der Waals surface area contributed by atoms with Crippen LogP contribution in [-0.4, -0.2) is 29.3 Å². The Bertz CT molecular complexity index is 158. The van der Waals surface area contributed by atoms with Crippen LogP contribution in [0, 0.1) is 0 Å². The van der Waals surface area contributed by atoms with Gasteiger partial charge in [0.2, 0.25) is 0 Å². The Kier molecular flexibility index (Phi) is 4.34. The summed E-state index contributed by atoms with van der Waals surface area (Å²) in [5.74, 6) is 0. The highest BCUT2D eigenvalue weighted by atomic mass is 16.3. The van der Waals surface area contributed by atoms with Crippen molar-refractivity contribution < 1.29 is 5.11 Å². The van der Waals surface area contributed by atoms with E-state index in [0.29, 0.717) is 0 Å². The number of hydrogen-bond acceptors (Lipinski definition) is 3. The standard InChI is InChI=1S/C5H5N.C4H9NO/c1-2-4-6-5-3-1;6-4-1-2-5-3-4/h1-5H;4-6H,1-3H2. The second-order valence-corrected chi connectivity index (χ2v) is 2.67. The van der Waals surface area contributed by atoms with Crippen LogP contribution < -0.4 is 5.32 Å². The topological polar surface area (TPSA) is 45.1 Å². The van der Waals surface area contributed by atoms with Gasteiger partial charge in [-0.05, 0) is 25.1 Å². The number of hydrogen-bond donors (Lipinski definition) is 2.